The number of aryl methyl sites for hydroxylation is 1. The van der Waals surface area contributed by atoms with Crippen molar-refractivity contribution in [2.24, 2.45) is 0 Å². The lowest BCUT2D eigenvalue weighted by Gasteiger charge is -2.14. The summed E-state index contributed by atoms with van der Waals surface area (Å²) in [6.45, 7) is 5.66. The second-order valence-corrected chi connectivity index (χ2v) is 5.18. The van der Waals surface area contributed by atoms with E-state index in [1.54, 1.807) is 6.20 Å². The van der Waals surface area contributed by atoms with Gasteiger partial charge in [0.1, 0.15) is 5.82 Å². The summed E-state index contributed by atoms with van der Waals surface area (Å²) in [6, 6.07) is 11.9. The first-order valence-corrected chi connectivity index (χ1v) is 7.33. The molecule has 110 valence electrons. The van der Waals surface area contributed by atoms with Crippen molar-refractivity contribution in [3.63, 3.8) is 0 Å². The standard InChI is InChI=1S/C16H20N4S/c1-12-6-5-7-14(13(12)2)20-16(21)19-11-10-18-15-8-3-4-9-17-15/h3-9H,10-11H2,1-2H3,(H,17,18)(H2,19,20,21). The minimum atomic E-state index is 0.631. The minimum Gasteiger partial charge on any atom is -0.368 e. The average Bonchev–Trinajstić information content (AvgIpc) is 2.49. The summed E-state index contributed by atoms with van der Waals surface area (Å²) in [4.78, 5) is 4.20. The van der Waals surface area contributed by atoms with E-state index in [-0.39, 0.29) is 0 Å². The van der Waals surface area contributed by atoms with Crippen molar-refractivity contribution in [1.29, 1.82) is 0 Å². The van der Waals surface area contributed by atoms with Gasteiger partial charge in [-0.05, 0) is 55.4 Å². The Hall–Kier alpha value is -2.14. The van der Waals surface area contributed by atoms with E-state index >= 15 is 0 Å². The Kier molecular flexibility index (Phi) is 5.51. The molecule has 2 aromatic rings. The van der Waals surface area contributed by atoms with E-state index in [1.807, 2.05) is 30.3 Å². The highest BCUT2D eigenvalue weighted by molar-refractivity contribution is 7.80. The molecule has 0 aliphatic rings. The van der Waals surface area contributed by atoms with E-state index in [9.17, 15) is 0 Å². The van der Waals surface area contributed by atoms with E-state index in [4.69, 9.17) is 12.2 Å². The lowest BCUT2D eigenvalue weighted by molar-refractivity contribution is 0.910. The average molecular weight is 300 g/mol. The Labute approximate surface area is 131 Å². The zero-order valence-corrected chi connectivity index (χ0v) is 13.1. The maximum Gasteiger partial charge on any atom is 0.170 e. The fraction of sp³-hybridized carbons (Fsp3) is 0.250. The van der Waals surface area contributed by atoms with Crippen molar-refractivity contribution < 1.29 is 0 Å². The molecular weight excluding hydrogens is 280 g/mol. The number of hydrogen-bond donors (Lipinski definition) is 3. The highest BCUT2D eigenvalue weighted by Crippen LogP contribution is 2.17. The van der Waals surface area contributed by atoms with Gasteiger partial charge in [0.25, 0.3) is 0 Å². The van der Waals surface area contributed by atoms with Crippen LogP contribution in [-0.2, 0) is 0 Å². The van der Waals surface area contributed by atoms with Crippen molar-refractivity contribution >= 4 is 28.8 Å². The van der Waals surface area contributed by atoms with Crippen LogP contribution >= 0.6 is 12.2 Å². The summed E-state index contributed by atoms with van der Waals surface area (Å²) in [7, 11) is 0. The first-order valence-electron chi connectivity index (χ1n) is 6.93. The van der Waals surface area contributed by atoms with Crippen LogP contribution in [0, 0.1) is 13.8 Å². The predicted octanol–water partition coefficient (Wildman–Crippen LogP) is 3.10. The van der Waals surface area contributed by atoms with Gasteiger partial charge in [0.05, 0.1) is 0 Å². The molecule has 0 fully saturated rings. The van der Waals surface area contributed by atoms with Crippen LogP contribution in [0.15, 0.2) is 42.6 Å². The Bertz CT molecular complexity index is 598. The predicted molar refractivity (Wildman–Crippen MR) is 92.9 cm³/mol. The highest BCUT2D eigenvalue weighted by atomic mass is 32.1. The molecule has 1 heterocycles. The van der Waals surface area contributed by atoms with Gasteiger partial charge in [0.2, 0.25) is 0 Å². The largest absolute Gasteiger partial charge is 0.368 e. The molecule has 0 atom stereocenters. The minimum absolute atomic E-state index is 0.631. The van der Waals surface area contributed by atoms with E-state index in [1.165, 1.54) is 11.1 Å². The van der Waals surface area contributed by atoms with Gasteiger partial charge in [-0.2, -0.15) is 0 Å². The number of rotatable bonds is 5. The van der Waals surface area contributed by atoms with Gasteiger partial charge in [-0.1, -0.05) is 18.2 Å². The summed E-state index contributed by atoms with van der Waals surface area (Å²) in [5.74, 6) is 0.868. The van der Waals surface area contributed by atoms with Gasteiger partial charge in [0, 0.05) is 25.0 Å². The summed E-state index contributed by atoms with van der Waals surface area (Å²) < 4.78 is 0. The third-order valence-corrected chi connectivity index (χ3v) is 3.48. The molecule has 1 aromatic carbocycles. The monoisotopic (exact) mass is 300 g/mol. The number of nitrogens with zero attached hydrogens (tertiary/aromatic N) is 1. The Balaban J connectivity index is 1.74. The van der Waals surface area contributed by atoms with Crippen LogP contribution in [-0.4, -0.2) is 23.2 Å². The number of anilines is 2. The second kappa shape index (κ2) is 7.59. The molecule has 0 saturated heterocycles. The van der Waals surface area contributed by atoms with Gasteiger partial charge in [0.15, 0.2) is 5.11 Å². The smallest absolute Gasteiger partial charge is 0.170 e. The molecular formula is C16H20N4S. The third-order valence-electron chi connectivity index (χ3n) is 3.23. The molecule has 0 radical (unpaired) electrons. The van der Waals surface area contributed by atoms with Gasteiger partial charge in [-0.15, -0.1) is 0 Å². The number of benzene rings is 1. The van der Waals surface area contributed by atoms with Crippen molar-refractivity contribution in [3.05, 3.63) is 53.7 Å². The van der Waals surface area contributed by atoms with Gasteiger partial charge in [-0.25, -0.2) is 4.98 Å². The van der Waals surface area contributed by atoms with Crippen LogP contribution in [0.4, 0.5) is 11.5 Å². The lowest BCUT2D eigenvalue weighted by Crippen LogP contribution is -2.32. The number of thiocarbonyl (C=S) groups is 1. The summed E-state index contributed by atoms with van der Waals surface area (Å²) in [5, 5.41) is 10.3. The first kappa shape index (κ1) is 15.3. The van der Waals surface area contributed by atoms with Crippen LogP contribution in [0.3, 0.4) is 0 Å². The number of nitrogens with one attached hydrogen (secondary N) is 3. The van der Waals surface area contributed by atoms with Gasteiger partial charge in [-0.3, -0.25) is 0 Å². The van der Waals surface area contributed by atoms with Crippen LogP contribution in [0.25, 0.3) is 0 Å². The first-order chi connectivity index (χ1) is 10.2. The number of pyridine rings is 1. The summed E-state index contributed by atoms with van der Waals surface area (Å²) in [5.41, 5.74) is 3.51. The molecule has 5 heteroatoms. The van der Waals surface area contributed by atoms with Crippen molar-refractivity contribution in [1.82, 2.24) is 10.3 Å². The van der Waals surface area contributed by atoms with Crippen LogP contribution in [0.2, 0.25) is 0 Å². The fourth-order valence-corrected chi connectivity index (χ4v) is 2.10. The lowest BCUT2D eigenvalue weighted by atomic mass is 10.1. The Morgan fingerprint density at radius 2 is 1.95 bits per heavy atom. The zero-order chi connectivity index (χ0) is 15.1. The molecule has 0 bridgehead atoms. The molecule has 0 spiro atoms. The molecule has 4 nitrogen and oxygen atoms in total. The molecule has 21 heavy (non-hydrogen) atoms. The highest BCUT2D eigenvalue weighted by Gasteiger charge is 2.02. The topological polar surface area (TPSA) is 49.0 Å². The second-order valence-electron chi connectivity index (χ2n) is 4.77. The maximum atomic E-state index is 5.30. The van der Waals surface area contributed by atoms with Crippen molar-refractivity contribution in [2.45, 2.75) is 13.8 Å². The molecule has 0 aliphatic heterocycles. The van der Waals surface area contributed by atoms with Gasteiger partial charge < -0.3 is 16.0 Å². The van der Waals surface area contributed by atoms with E-state index in [0.717, 1.165) is 24.6 Å². The molecule has 0 saturated carbocycles. The number of hydrogen-bond acceptors (Lipinski definition) is 3. The fourth-order valence-electron chi connectivity index (χ4n) is 1.89. The van der Waals surface area contributed by atoms with Crippen LogP contribution < -0.4 is 16.0 Å². The third kappa shape index (κ3) is 4.72. The van der Waals surface area contributed by atoms with E-state index < -0.39 is 0 Å². The molecule has 0 unspecified atom stereocenters. The number of aromatic nitrogens is 1. The van der Waals surface area contributed by atoms with Crippen molar-refractivity contribution in [2.75, 3.05) is 23.7 Å². The van der Waals surface area contributed by atoms with Gasteiger partial charge >= 0.3 is 0 Å². The molecule has 1 aromatic heterocycles. The zero-order valence-electron chi connectivity index (χ0n) is 12.3. The molecule has 0 aliphatic carbocycles. The van der Waals surface area contributed by atoms with Crippen LogP contribution in [0.5, 0.6) is 0 Å². The quantitative estimate of drug-likeness (QED) is 0.585. The van der Waals surface area contributed by atoms with Crippen molar-refractivity contribution in [3.8, 4) is 0 Å². The SMILES string of the molecule is Cc1cccc(NC(=S)NCCNc2ccccn2)c1C. The summed E-state index contributed by atoms with van der Waals surface area (Å²) in [6.07, 6.45) is 1.77. The molecule has 3 N–H and O–H groups in total. The molecule has 2 rings (SSSR count). The normalized spacial score (nSPS) is 10.0. The Morgan fingerprint density at radius 1 is 1.10 bits per heavy atom. The summed E-state index contributed by atoms with van der Waals surface area (Å²) >= 11 is 5.30. The van der Waals surface area contributed by atoms with E-state index in [2.05, 4.69) is 40.8 Å². The van der Waals surface area contributed by atoms with Crippen LogP contribution in [0.1, 0.15) is 11.1 Å². The maximum absolute atomic E-state index is 5.30. The molecule has 0 amide bonds. The Morgan fingerprint density at radius 3 is 2.71 bits per heavy atom. The van der Waals surface area contributed by atoms with E-state index in [0.29, 0.717) is 5.11 Å².